The van der Waals surface area contributed by atoms with E-state index in [0.29, 0.717) is 6.54 Å². The van der Waals surface area contributed by atoms with Gasteiger partial charge in [-0.05, 0) is 24.7 Å². The Kier molecular flexibility index (Phi) is 3.54. The first-order valence-electron chi connectivity index (χ1n) is 6.07. The zero-order valence-electron chi connectivity index (χ0n) is 11.2. The molecule has 0 amide bonds. The lowest BCUT2D eigenvalue weighted by Crippen LogP contribution is -2.24. The second-order valence-corrected chi connectivity index (χ2v) is 4.75. The first-order chi connectivity index (χ1) is 8.54. The van der Waals surface area contributed by atoms with Crippen LogP contribution in [0.5, 0.6) is 0 Å². The summed E-state index contributed by atoms with van der Waals surface area (Å²) in [5.41, 5.74) is 8.67. The van der Waals surface area contributed by atoms with Crippen molar-refractivity contribution in [2.45, 2.75) is 6.54 Å². The number of benzene rings is 1. The third-order valence-electron chi connectivity index (χ3n) is 3.30. The van der Waals surface area contributed by atoms with Gasteiger partial charge in [0.25, 0.3) is 0 Å². The fraction of sp³-hybridized carbons (Fsp3) is 0.462. The molecule has 0 aliphatic rings. The summed E-state index contributed by atoms with van der Waals surface area (Å²) in [6.45, 7) is 2.37. The van der Waals surface area contributed by atoms with E-state index in [1.807, 2.05) is 13.1 Å². The molecular weight excluding hydrogens is 228 g/mol. The molecule has 0 unspecified atom stereocenters. The summed E-state index contributed by atoms with van der Waals surface area (Å²) in [5.74, 6) is 0. The number of nitrogens with two attached hydrogens (primary N) is 1. The Morgan fingerprint density at radius 3 is 2.56 bits per heavy atom. The van der Waals surface area contributed by atoms with Crippen LogP contribution in [0, 0.1) is 0 Å². The highest BCUT2D eigenvalue weighted by Gasteiger charge is 2.08. The van der Waals surface area contributed by atoms with Gasteiger partial charge in [0.15, 0.2) is 0 Å². The van der Waals surface area contributed by atoms with E-state index in [2.05, 4.69) is 17.0 Å². The Labute approximate surface area is 106 Å². The minimum Gasteiger partial charge on any atom is -0.329 e. The van der Waals surface area contributed by atoms with Crippen molar-refractivity contribution in [2.75, 3.05) is 20.1 Å². The van der Waals surface area contributed by atoms with Gasteiger partial charge in [0.2, 0.25) is 0 Å². The summed E-state index contributed by atoms with van der Waals surface area (Å²) >= 11 is 0. The molecule has 1 aromatic carbocycles. The molecule has 2 N–H and O–H groups in total. The number of hydrogen-bond donors (Lipinski definition) is 1. The zero-order chi connectivity index (χ0) is 13.3. The molecule has 0 aliphatic heterocycles. The lowest BCUT2D eigenvalue weighted by Gasteiger charge is -2.15. The minimum atomic E-state index is 0.0115. The average molecular weight is 248 g/mol. The van der Waals surface area contributed by atoms with Crippen LogP contribution >= 0.6 is 0 Å². The average Bonchev–Trinajstić information content (AvgIpc) is 2.55. The first kappa shape index (κ1) is 12.9. The number of nitrogens with zero attached hydrogens (tertiary/aromatic N) is 3. The molecule has 1 heterocycles. The summed E-state index contributed by atoms with van der Waals surface area (Å²) in [5, 5.41) is 0. The number of imidazole rings is 1. The van der Waals surface area contributed by atoms with E-state index in [-0.39, 0.29) is 5.69 Å². The van der Waals surface area contributed by atoms with Crippen molar-refractivity contribution in [3.05, 3.63) is 34.2 Å². The van der Waals surface area contributed by atoms with Crippen molar-refractivity contribution in [2.24, 2.45) is 19.8 Å². The topological polar surface area (TPSA) is 56.2 Å². The van der Waals surface area contributed by atoms with Crippen LogP contribution < -0.4 is 11.4 Å². The van der Waals surface area contributed by atoms with Crippen LogP contribution in [-0.2, 0) is 20.6 Å². The van der Waals surface area contributed by atoms with Gasteiger partial charge in [-0.1, -0.05) is 6.07 Å². The summed E-state index contributed by atoms with van der Waals surface area (Å²) < 4.78 is 3.35. The Hall–Kier alpha value is -1.59. The van der Waals surface area contributed by atoms with Gasteiger partial charge in [0, 0.05) is 33.7 Å². The van der Waals surface area contributed by atoms with Gasteiger partial charge in [0.1, 0.15) is 0 Å². The Balaban J connectivity index is 2.39. The second-order valence-electron chi connectivity index (χ2n) is 4.75. The largest absolute Gasteiger partial charge is 0.329 e. The fourth-order valence-electron chi connectivity index (χ4n) is 2.26. The van der Waals surface area contributed by atoms with E-state index in [0.717, 1.165) is 24.1 Å². The number of aryl methyl sites for hydroxylation is 2. The molecule has 0 fully saturated rings. The third-order valence-corrected chi connectivity index (χ3v) is 3.30. The van der Waals surface area contributed by atoms with Crippen molar-refractivity contribution >= 4 is 11.0 Å². The SMILES string of the molecule is CN(CCN)Cc1ccc2c(c1)n(C)c(=O)n2C. The molecule has 0 saturated carbocycles. The third kappa shape index (κ3) is 2.19. The van der Waals surface area contributed by atoms with Gasteiger partial charge < -0.3 is 10.6 Å². The molecule has 0 aliphatic carbocycles. The zero-order valence-corrected chi connectivity index (χ0v) is 11.2. The molecule has 5 nitrogen and oxygen atoms in total. The van der Waals surface area contributed by atoms with E-state index in [4.69, 9.17) is 5.73 Å². The van der Waals surface area contributed by atoms with E-state index >= 15 is 0 Å². The quantitative estimate of drug-likeness (QED) is 0.845. The molecule has 0 radical (unpaired) electrons. The van der Waals surface area contributed by atoms with Gasteiger partial charge in [-0.2, -0.15) is 0 Å². The Morgan fingerprint density at radius 1 is 1.22 bits per heavy atom. The normalized spacial score (nSPS) is 11.6. The first-order valence-corrected chi connectivity index (χ1v) is 6.07. The molecule has 0 spiro atoms. The van der Waals surface area contributed by atoms with E-state index in [9.17, 15) is 4.79 Å². The van der Waals surface area contributed by atoms with Gasteiger partial charge in [-0.3, -0.25) is 9.13 Å². The number of hydrogen-bond acceptors (Lipinski definition) is 3. The lowest BCUT2D eigenvalue weighted by atomic mass is 10.2. The lowest BCUT2D eigenvalue weighted by molar-refractivity contribution is 0.336. The molecule has 1 aromatic heterocycles. The molecule has 0 saturated heterocycles. The van der Waals surface area contributed by atoms with Crippen molar-refractivity contribution in [1.29, 1.82) is 0 Å². The maximum Gasteiger partial charge on any atom is 0.328 e. The molecule has 2 rings (SSSR count). The van der Waals surface area contributed by atoms with E-state index < -0.39 is 0 Å². The van der Waals surface area contributed by atoms with Crippen molar-refractivity contribution < 1.29 is 0 Å². The molecule has 5 heteroatoms. The molecule has 18 heavy (non-hydrogen) atoms. The van der Waals surface area contributed by atoms with Gasteiger partial charge >= 0.3 is 5.69 Å². The van der Waals surface area contributed by atoms with Gasteiger partial charge in [-0.15, -0.1) is 0 Å². The molecule has 0 bridgehead atoms. The van der Waals surface area contributed by atoms with Crippen LogP contribution in [0.4, 0.5) is 0 Å². The number of fused-ring (bicyclic) bond motifs is 1. The minimum absolute atomic E-state index is 0.0115. The Morgan fingerprint density at radius 2 is 1.89 bits per heavy atom. The number of aromatic nitrogens is 2. The summed E-state index contributed by atoms with van der Waals surface area (Å²) in [4.78, 5) is 14.0. The highest BCUT2D eigenvalue weighted by Crippen LogP contribution is 2.14. The van der Waals surface area contributed by atoms with Crippen LogP contribution in [-0.4, -0.2) is 34.2 Å². The molecule has 0 atom stereocenters. The summed E-state index contributed by atoms with van der Waals surface area (Å²) in [6, 6.07) is 6.14. The molecule has 2 aromatic rings. The van der Waals surface area contributed by atoms with Crippen molar-refractivity contribution in [1.82, 2.24) is 14.0 Å². The number of rotatable bonds is 4. The monoisotopic (exact) mass is 248 g/mol. The molecular formula is C13H20N4O. The van der Waals surface area contributed by atoms with Crippen molar-refractivity contribution in [3.8, 4) is 0 Å². The molecule has 98 valence electrons. The Bertz CT molecular complexity index is 611. The number of likely N-dealkylation sites (N-methyl/N-ethyl adjacent to an activating group) is 1. The maximum absolute atomic E-state index is 11.8. The van der Waals surface area contributed by atoms with Crippen LogP contribution in [0.25, 0.3) is 11.0 Å². The smallest absolute Gasteiger partial charge is 0.328 e. The van der Waals surface area contributed by atoms with E-state index in [1.54, 1.807) is 23.2 Å². The summed E-state index contributed by atoms with van der Waals surface area (Å²) in [6.07, 6.45) is 0. The maximum atomic E-state index is 11.8. The standard InChI is InChI=1S/C13H20N4O/c1-15(7-6-14)9-10-4-5-11-12(8-10)17(3)13(18)16(11)2/h4-5,8H,6-7,9,14H2,1-3H3. The highest BCUT2D eigenvalue weighted by molar-refractivity contribution is 5.76. The van der Waals surface area contributed by atoms with Crippen molar-refractivity contribution in [3.63, 3.8) is 0 Å². The summed E-state index contributed by atoms with van der Waals surface area (Å²) in [7, 11) is 5.64. The van der Waals surface area contributed by atoms with E-state index in [1.165, 1.54) is 5.56 Å². The van der Waals surface area contributed by atoms with Gasteiger partial charge in [0.05, 0.1) is 11.0 Å². The predicted octanol–water partition coefficient (Wildman–Crippen LogP) is 0.268. The van der Waals surface area contributed by atoms with Gasteiger partial charge in [-0.25, -0.2) is 4.79 Å². The van der Waals surface area contributed by atoms with Crippen LogP contribution in [0.1, 0.15) is 5.56 Å². The van der Waals surface area contributed by atoms with Crippen LogP contribution in [0.15, 0.2) is 23.0 Å². The highest BCUT2D eigenvalue weighted by atomic mass is 16.1. The van der Waals surface area contributed by atoms with Crippen LogP contribution in [0.3, 0.4) is 0 Å². The predicted molar refractivity (Wildman–Crippen MR) is 73.5 cm³/mol. The van der Waals surface area contributed by atoms with Crippen LogP contribution in [0.2, 0.25) is 0 Å². The second kappa shape index (κ2) is 4.96. The fourth-order valence-corrected chi connectivity index (χ4v) is 2.26.